The van der Waals surface area contributed by atoms with Gasteiger partial charge in [0.1, 0.15) is 11.4 Å². The summed E-state index contributed by atoms with van der Waals surface area (Å²) in [5.74, 6) is -1.58. The van der Waals surface area contributed by atoms with Crippen LogP contribution < -0.4 is 4.74 Å². The maximum Gasteiger partial charge on any atom is 0.341 e. The van der Waals surface area contributed by atoms with Gasteiger partial charge in [-0.15, -0.1) is 12.4 Å². The van der Waals surface area contributed by atoms with Gasteiger partial charge in [0.05, 0.1) is 12.6 Å². The van der Waals surface area contributed by atoms with Crippen molar-refractivity contribution in [2.24, 2.45) is 0 Å². The van der Waals surface area contributed by atoms with Crippen LogP contribution in [0.15, 0.2) is 24.3 Å². The number of methoxy groups -OCH3 is 1. The number of carboxylic acids is 1. The van der Waals surface area contributed by atoms with Crippen molar-refractivity contribution in [1.82, 2.24) is 4.98 Å². The third-order valence-corrected chi connectivity index (χ3v) is 2.17. The second-order valence-corrected chi connectivity index (χ2v) is 3.19. The predicted molar refractivity (Wildman–Crippen MR) is 62.5 cm³/mol. The molecule has 0 unspecified atom stereocenters. The van der Waals surface area contributed by atoms with Gasteiger partial charge in [-0.2, -0.15) is 0 Å². The van der Waals surface area contributed by atoms with Gasteiger partial charge in [0, 0.05) is 11.5 Å². The van der Waals surface area contributed by atoms with Gasteiger partial charge in [-0.25, -0.2) is 14.2 Å². The lowest BCUT2D eigenvalue weighted by atomic mass is 10.1. The summed E-state index contributed by atoms with van der Waals surface area (Å²) in [6.07, 6.45) is 0. The molecule has 6 heteroatoms. The number of fused-ring (bicyclic) bond motifs is 1. The van der Waals surface area contributed by atoms with Crippen LogP contribution in [-0.4, -0.2) is 23.2 Å². The van der Waals surface area contributed by atoms with Crippen LogP contribution in [0.2, 0.25) is 0 Å². The van der Waals surface area contributed by atoms with E-state index in [0.29, 0.717) is 10.9 Å². The first kappa shape index (κ1) is 13.2. The number of halogens is 2. The minimum atomic E-state index is -1.13. The largest absolute Gasteiger partial charge is 0.480 e. The molecule has 0 aliphatic rings. The Kier molecular flexibility index (Phi) is 3.85. The van der Waals surface area contributed by atoms with E-state index in [0.717, 1.165) is 0 Å². The fraction of sp³-hybridized carbons (Fsp3) is 0.0909. The van der Waals surface area contributed by atoms with E-state index in [1.807, 2.05) is 0 Å². The molecule has 4 nitrogen and oxygen atoms in total. The molecule has 2 rings (SSSR count). The first-order valence-corrected chi connectivity index (χ1v) is 4.49. The van der Waals surface area contributed by atoms with Crippen LogP contribution in [0.25, 0.3) is 10.9 Å². The van der Waals surface area contributed by atoms with Crippen LogP contribution in [0, 0.1) is 5.82 Å². The van der Waals surface area contributed by atoms with Gasteiger partial charge in [0.25, 0.3) is 0 Å². The number of carboxylic acid groups (broad SMARTS) is 1. The molecule has 0 aliphatic carbocycles. The van der Waals surface area contributed by atoms with E-state index in [-0.39, 0.29) is 23.9 Å². The Hall–Kier alpha value is -1.88. The lowest BCUT2D eigenvalue weighted by molar-refractivity contribution is 0.0692. The molecule has 0 spiro atoms. The average molecular weight is 258 g/mol. The molecular weight excluding hydrogens is 249 g/mol. The summed E-state index contributed by atoms with van der Waals surface area (Å²) in [6, 6.07) is 5.36. The molecule has 17 heavy (non-hydrogen) atoms. The average Bonchev–Trinajstić information content (AvgIpc) is 2.26. The zero-order chi connectivity index (χ0) is 11.7. The van der Waals surface area contributed by atoms with E-state index in [2.05, 4.69) is 4.98 Å². The van der Waals surface area contributed by atoms with Gasteiger partial charge in [0.2, 0.25) is 5.88 Å². The summed E-state index contributed by atoms with van der Waals surface area (Å²) in [7, 11) is 1.32. The molecule has 0 saturated carbocycles. The van der Waals surface area contributed by atoms with Crippen LogP contribution in [0.1, 0.15) is 10.4 Å². The van der Waals surface area contributed by atoms with Gasteiger partial charge in [-0.05, 0) is 18.2 Å². The highest BCUT2D eigenvalue weighted by Crippen LogP contribution is 2.22. The summed E-state index contributed by atoms with van der Waals surface area (Å²) in [4.78, 5) is 14.8. The van der Waals surface area contributed by atoms with Crippen molar-refractivity contribution in [3.63, 3.8) is 0 Å². The second-order valence-electron chi connectivity index (χ2n) is 3.19. The zero-order valence-electron chi connectivity index (χ0n) is 8.81. The molecule has 0 fully saturated rings. The summed E-state index contributed by atoms with van der Waals surface area (Å²) >= 11 is 0. The summed E-state index contributed by atoms with van der Waals surface area (Å²) < 4.78 is 17.8. The van der Waals surface area contributed by atoms with Crippen LogP contribution in [0.5, 0.6) is 5.88 Å². The number of aromatic nitrogens is 1. The van der Waals surface area contributed by atoms with Crippen LogP contribution in [0.3, 0.4) is 0 Å². The topological polar surface area (TPSA) is 59.4 Å². The molecule has 0 aliphatic heterocycles. The highest BCUT2D eigenvalue weighted by molar-refractivity contribution is 5.95. The van der Waals surface area contributed by atoms with Crippen molar-refractivity contribution < 1.29 is 19.0 Å². The van der Waals surface area contributed by atoms with Gasteiger partial charge < -0.3 is 9.84 Å². The number of rotatable bonds is 2. The number of hydrogen-bond donors (Lipinski definition) is 1. The van der Waals surface area contributed by atoms with Gasteiger partial charge >= 0.3 is 5.97 Å². The highest BCUT2D eigenvalue weighted by atomic mass is 35.5. The number of nitrogens with zero attached hydrogens (tertiary/aromatic N) is 1. The molecule has 0 saturated heterocycles. The number of carbonyl (C=O) groups is 1. The van der Waals surface area contributed by atoms with Crippen molar-refractivity contribution in [3.8, 4) is 5.88 Å². The normalized spacial score (nSPS) is 9.76. The zero-order valence-corrected chi connectivity index (χ0v) is 9.62. The first-order valence-electron chi connectivity index (χ1n) is 4.49. The molecule has 1 N–H and O–H groups in total. The first-order chi connectivity index (χ1) is 7.61. The molecular formula is C11H9ClFNO3. The van der Waals surface area contributed by atoms with E-state index in [1.165, 1.54) is 31.4 Å². The maximum atomic E-state index is 12.9. The monoisotopic (exact) mass is 257 g/mol. The lowest BCUT2D eigenvalue weighted by Crippen LogP contribution is -2.02. The molecule has 90 valence electrons. The van der Waals surface area contributed by atoms with Gasteiger partial charge in [-0.1, -0.05) is 0 Å². The van der Waals surface area contributed by atoms with E-state index in [9.17, 15) is 9.18 Å². The summed E-state index contributed by atoms with van der Waals surface area (Å²) in [5.41, 5.74) is 0.323. The number of pyridine rings is 1. The summed E-state index contributed by atoms with van der Waals surface area (Å²) in [5, 5.41) is 9.47. The van der Waals surface area contributed by atoms with Gasteiger partial charge in [0.15, 0.2) is 0 Å². The van der Waals surface area contributed by atoms with Crippen molar-refractivity contribution in [2.45, 2.75) is 0 Å². The molecule has 1 aromatic heterocycles. The minimum Gasteiger partial charge on any atom is -0.480 e. The number of ether oxygens (including phenoxy) is 1. The highest BCUT2D eigenvalue weighted by Gasteiger charge is 2.13. The van der Waals surface area contributed by atoms with Crippen molar-refractivity contribution in [3.05, 3.63) is 35.6 Å². The smallest absolute Gasteiger partial charge is 0.341 e. The lowest BCUT2D eigenvalue weighted by Gasteiger charge is -2.05. The summed E-state index contributed by atoms with van der Waals surface area (Å²) in [6.45, 7) is 0. The Labute approximate surface area is 102 Å². The Morgan fingerprint density at radius 3 is 2.71 bits per heavy atom. The molecule has 0 bridgehead atoms. The maximum absolute atomic E-state index is 12.9. The molecule has 2 aromatic rings. The van der Waals surface area contributed by atoms with Crippen molar-refractivity contribution in [2.75, 3.05) is 7.11 Å². The van der Waals surface area contributed by atoms with Crippen LogP contribution >= 0.6 is 12.4 Å². The SMILES string of the molecule is COc1nc2cc(F)ccc2cc1C(=O)O.Cl. The second kappa shape index (κ2) is 4.97. The Bertz CT molecular complexity index is 574. The van der Waals surface area contributed by atoms with E-state index >= 15 is 0 Å². The van der Waals surface area contributed by atoms with E-state index in [1.54, 1.807) is 0 Å². The molecule has 1 heterocycles. The Balaban J connectivity index is 0.00000144. The molecule has 0 radical (unpaired) electrons. The number of aromatic carboxylic acids is 1. The Morgan fingerprint density at radius 2 is 2.12 bits per heavy atom. The standard InChI is InChI=1S/C11H8FNO3.ClH/c1-16-10-8(11(14)15)4-6-2-3-7(12)5-9(6)13-10;/h2-5H,1H3,(H,14,15);1H. The van der Waals surface area contributed by atoms with Crippen LogP contribution in [0.4, 0.5) is 4.39 Å². The van der Waals surface area contributed by atoms with Crippen molar-refractivity contribution >= 4 is 29.3 Å². The predicted octanol–water partition coefficient (Wildman–Crippen LogP) is 2.50. The number of hydrogen-bond acceptors (Lipinski definition) is 3. The van der Waals surface area contributed by atoms with E-state index < -0.39 is 11.8 Å². The van der Waals surface area contributed by atoms with Gasteiger partial charge in [-0.3, -0.25) is 0 Å². The quantitative estimate of drug-likeness (QED) is 0.898. The molecule has 1 aromatic carbocycles. The fourth-order valence-corrected chi connectivity index (χ4v) is 1.43. The Morgan fingerprint density at radius 1 is 1.41 bits per heavy atom. The molecule has 0 atom stereocenters. The van der Waals surface area contributed by atoms with Crippen LogP contribution in [-0.2, 0) is 0 Å². The minimum absolute atomic E-state index is 0. The third kappa shape index (κ3) is 2.45. The number of benzene rings is 1. The van der Waals surface area contributed by atoms with Crippen molar-refractivity contribution in [1.29, 1.82) is 0 Å². The molecule has 0 amide bonds. The fourth-order valence-electron chi connectivity index (χ4n) is 1.43. The van der Waals surface area contributed by atoms with E-state index in [4.69, 9.17) is 9.84 Å². The third-order valence-electron chi connectivity index (χ3n) is 2.17.